The Balaban J connectivity index is 0.000000458. The topological polar surface area (TPSA) is 73.8 Å². The first-order chi connectivity index (χ1) is 28.5. The summed E-state index contributed by atoms with van der Waals surface area (Å²) >= 11 is 0. The molecule has 2 unspecified atom stereocenters. The fourth-order valence-electron chi connectivity index (χ4n) is 7.85. The fraction of sp³-hybridized carbons (Fsp3) is 0.623. The molecule has 2 aliphatic heterocycles. The predicted octanol–water partition coefficient (Wildman–Crippen LogP) is 13.4. The fourth-order valence-corrected chi connectivity index (χ4v) is 7.85. The summed E-state index contributed by atoms with van der Waals surface area (Å²) in [6.45, 7) is 32.4. The van der Waals surface area contributed by atoms with Gasteiger partial charge >= 0.3 is 0 Å². The molecule has 2 heterocycles. The molecule has 2 atom stereocenters. The number of hydrogen-bond donors (Lipinski definition) is 0. The lowest BCUT2D eigenvalue weighted by Gasteiger charge is -2.38. The lowest BCUT2D eigenvalue weighted by atomic mass is 9.85. The zero-order chi connectivity index (χ0) is 44.5. The van der Waals surface area contributed by atoms with Crippen molar-refractivity contribution in [1.82, 2.24) is 0 Å². The molecule has 8 nitrogen and oxygen atoms in total. The van der Waals surface area contributed by atoms with Gasteiger partial charge < -0.3 is 37.9 Å². The molecule has 2 aromatic rings. The molecule has 2 aromatic carbocycles. The quantitative estimate of drug-likeness (QED) is 0.0659. The predicted molar refractivity (Wildman–Crippen MR) is 254 cm³/mol. The molecule has 8 heteroatoms. The summed E-state index contributed by atoms with van der Waals surface area (Å²) in [4.78, 5) is 0. The maximum Gasteiger partial charge on any atom is 0.189 e. The van der Waals surface area contributed by atoms with E-state index in [1.807, 2.05) is 6.08 Å². The molecular weight excluding hydrogens is 765 g/mol. The Bertz CT molecular complexity index is 1800. The number of fused-ring (bicyclic) bond motifs is 2. The second kappa shape index (κ2) is 26.2. The first-order valence-electron chi connectivity index (χ1n) is 22.1. The Morgan fingerprint density at radius 3 is 1.54 bits per heavy atom. The number of benzene rings is 2. The summed E-state index contributed by atoms with van der Waals surface area (Å²) in [5.74, 6) is 3.89. The molecule has 0 N–H and O–H groups in total. The third kappa shape index (κ3) is 15.9. The van der Waals surface area contributed by atoms with Crippen molar-refractivity contribution in [3.05, 3.63) is 92.1 Å². The van der Waals surface area contributed by atoms with E-state index in [9.17, 15) is 0 Å². The lowest BCUT2D eigenvalue weighted by Crippen LogP contribution is -2.37. The number of methoxy groups -OCH3 is 2. The Morgan fingerprint density at radius 2 is 1.07 bits per heavy atom. The zero-order valence-corrected chi connectivity index (χ0v) is 40.1. The highest BCUT2D eigenvalue weighted by molar-refractivity contribution is 5.60. The summed E-state index contributed by atoms with van der Waals surface area (Å²) in [5, 5.41) is 0. The lowest BCUT2D eigenvalue weighted by molar-refractivity contribution is -0.00940. The van der Waals surface area contributed by atoms with Gasteiger partial charge in [0.05, 0.1) is 26.4 Å². The van der Waals surface area contributed by atoms with Crippen molar-refractivity contribution >= 4 is 0 Å². The second-order valence-electron chi connectivity index (χ2n) is 17.5. The van der Waals surface area contributed by atoms with Gasteiger partial charge in [-0.25, -0.2) is 0 Å². The van der Waals surface area contributed by atoms with Crippen molar-refractivity contribution < 1.29 is 37.9 Å². The van der Waals surface area contributed by atoms with Gasteiger partial charge in [-0.05, 0) is 187 Å². The van der Waals surface area contributed by atoms with Crippen LogP contribution >= 0.6 is 0 Å². The molecule has 0 radical (unpaired) electrons. The van der Waals surface area contributed by atoms with Crippen LogP contribution < -0.4 is 18.9 Å². The maximum absolute atomic E-state index is 6.73. The maximum atomic E-state index is 6.73. The van der Waals surface area contributed by atoms with Crippen LogP contribution in [0.4, 0.5) is 0 Å². The normalized spacial score (nSPS) is 18.3. The third-order valence-electron chi connectivity index (χ3n) is 12.2. The molecule has 0 fully saturated rings. The molecule has 0 bridgehead atoms. The first kappa shape index (κ1) is 53.6. The summed E-state index contributed by atoms with van der Waals surface area (Å²) in [6, 6.07) is 0. The van der Waals surface area contributed by atoms with Crippen molar-refractivity contribution in [3.8, 4) is 23.0 Å². The van der Waals surface area contributed by atoms with Crippen LogP contribution in [-0.2, 0) is 31.8 Å². The minimum atomic E-state index is -0.289. The Kier molecular flexibility index (Phi) is 23.0. The van der Waals surface area contributed by atoms with Crippen LogP contribution in [0, 0.1) is 41.5 Å². The molecule has 2 aliphatic rings. The van der Waals surface area contributed by atoms with Crippen LogP contribution in [0.3, 0.4) is 0 Å². The van der Waals surface area contributed by atoms with Gasteiger partial charge in [0, 0.05) is 25.3 Å². The Morgan fingerprint density at radius 1 is 0.607 bits per heavy atom. The first-order valence-corrected chi connectivity index (χ1v) is 22.1. The highest BCUT2D eigenvalue weighted by Gasteiger charge is 2.35. The van der Waals surface area contributed by atoms with E-state index in [-0.39, 0.29) is 32.2 Å². The average molecular weight is 849 g/mol. The molecule has 0 spiro atoms. The smallest absolute Gasteiger partial charge is 0.189 e. The van der Waals surface area contributed by atoms with Gasteiger partial charge in [-0.2, -0.15) is 0 Å². The summed E-state index contributed by atoms with van der Waals surface area (Å²) in [5.41, 5.74) is 13.3. The van der Waals surface area contributed by atoms with Crippen molar-refractivity contribution in [2.45, 2.75) is 166 Å². The van der Waals surface area contributed by atoms with Gasteiger partial charge in [-0.3, -0.25) is 0 Å². The van der Waals surface area contributed by atoms with Crippen molar-refractivity contribution in [3.63, 3.8) is 0 Å². The van der Waals surface area contributed by atoms with Gasteiger partial charge in [0.1, 0.15) is 34.2 Å². The monoisotopic (exact) mass is 849 g/mol. The van der Waals surface area contributed by atoms with Crippen LogP contribution in [0.25, 0.3) is 0 Å². The van der Waals surface area contributed by atoms with Gasteiger partial charge in [0.25, 0.3) is 0 Å². The van der Waals surface area contributed by atoms with E-state index in [1.54, 1.807) is 14.2 Å². The summed E-state index contributed by atoms with van der Waals surface area (Å²) < 4.78 is 45.9. The minimum Gasteiger partial charge on any atom is -0.487 e. The highest BCUT2D eigenvalue weighted by Crippen LogP contribution is 2.46. The van der Waals surface area contributed by atoms with Crippen molar-refractivity contribution in [2.24, 2.45) is 0 Å². The molecule has 0 saturated heterocycles. The van der Waals surface area contributed by atoms with Gasteiger partial charge in [0.15, 0.2) is 13.6 Å². The van der Waals surface area contributed by atoms with E-state index in [0.29, 0.717) is 26.4 Å². The van der Waals surface area contributed by atoms with Gasteiger partial charge in [-0.1, -0.05) is 49.0 Å². The van der Waals surface area contributed by atoms with E-state index < -0.39 is 0 Å². The number of ether oxygens (including phenoxy) is 8. The van der Waals surface area contributed by atoms with Crippen LogP contribution in [-0.4, -0.2) is 65.4 Å². The van der Waals surface area contributed by atoms with E-state index in [0.717, 1.165) is 103 Å². The van der Waals surface area contributed by atoms with Crippen LogP contribution in [0.15, 0.2) is 47.6 Å². The van der Waals surface area contributed by atoms with Crippen LogP contribution in [0.2, 0.25) is 0 Å². The van der Waals surface area contributed by atoms with Crippen LogP contribution in [0.5, 0.6) is 23.0 Å². The van der Waals surface area contributed by atoms with Gasteiger partial charge in [-0.15, -0.1) is 0 Å². The summed E-state index contributed by atoms with van der Waals surface area (Å²) in [6.07, 6.45) is 19.6. The number of hydrogen-bond acceptors (Lipinski definition) is 8. The van der Waals surface area contributed by atoms with Crippen molar-refractivity contribution in [1.29, 1.82) is 0 Å². The highest BCUT2D eigenvalue weighted by atomic mass is 16.7. The van der Waals surface area contributed by atoms with E-state index in [1.165, 1.54) is 45.4 Å². The average Bonchev–Trinajstić information content (AvgIpc) is 3.21. The summed E-state index contributed by atoms with van der Waals surface area (Å²) in [7, 11) is 3.33. The number of rotatable bonds is 22. The van der Waals surface area contributed by atoms with E-state index in [2.05, 4.69) is 108 Å². The molecule has 344 valence electrons. The largest absolute Gasteiger partial charge is 0.487 e. The second-order valence-corrected chi connectivity index (χ2v) is 17.5. The van der Waals surface area contributed by atoms with Crippen LogP contribution in [0.1, 0.15) is 145 Å². The zero-order valence-electron chi connectivity index (χ0n) is 40.1. The van der Waals surface area contributed by atoms with E-state index >= 15 is 0 Å². The standard InChI is InChI=1S/C33H52O4.C19H28O4.CH4/c1-24(2)13-10-14-25(3)15-11-16-26(4)17-12-19-33(8)20-18-30-29(7)31(36-23-35-22-21-34-9)27(5)28(6)32(30)37-33;1-7-19(5)9-8-16-15(4)17(22-12-21-11-10-20-6)13(2)14(3)18(16)23-19;/h13,15,17H,10-12,14,16,18-23H2,1-9H3;7H,1,8-12H2,2-6H3;1H4/b25-15+,26-17+;;. The van der Waals surface area contributed by atoms with Crippen molar-refractivity contribution in [2.75, 3.05) is 54.2 Å². The molecule has 4 rings (SSSR count). The Labute approximate surface area is 372 Å². The SMILES string of the molecule is C.C=CC1(C)CCc2c(C)c(OCOCCOC)c(C)c(C)c2O1.COCCOCOc1c(C)c(C)c2c(c1C)CCC(C)(CC/C=C(\C)CC/C=C(\C)CCC=C(C)C)O2. The molecule has 0 aromatic heterocycles. The molecule has 61 heavy (non-hydrogen) atoms. The molecule has 0 amide bonds. The minimum absolute atomic E-state index is 0. The number of allylic oxidation sites excluding steroid dienone is 6. The van der Waals surface area contributed by atoms with E-state index in [4.69, 9.17) is 37.9 Å². The Hall–Kier alpha value is -3.56. The molecule has 0 saturated carbocycles. The third-order valence-corrected chi connectivity index (χ3v) is 12.2. The molecule has 0 aliphatic carbocycles. The molecular formula is C53H84O8. The van der Waals surface area contributed by atoms with Gasteiger partial charge in [0.2, 0.25) is 0 Å².